The molecule has 1 aromatic rings. The molecule has 1 fully saturated rings. The quantitative estimate of drug-likeness (QED) is 0.812. The Kier molecular flexibility index (Phi) is 4.13. The molecule has 4 heteroatoms. The predicted octanol–water partition coefficient (Wildman–Crippen LogP) is 3.15. The number of nitrogens with two attached hydrogens (primary N) is 1. The summed E-state index contributed by atoms with van der Waals surface area (Å²) >= 11 is 6.11. The zero-order valence-corrected chi connectivity index (χ0v) is 10.8. The van der Waals surface area contributed by atoms with Crippen molar-refractivity contribution < 1.29 is 4.74 Å². The van der Waals surface area contributed by atoms with Gasteiger partial charge in [0.2, 0.25) is 0 Å². The lowest BCUT2D eigenvalue weighted by Gasteiger charge is -2.19. The van der Waals surface area contributed by atoms with E-state index in [1.54, 1.807) is 0 Å². The molecule has 1 aliphatic heterocycles. The van der Waals surface area contributed by atoms with Gasteiger partial charge in [-0.1, -0.05) is 24.6 Å². The van der Waals surface area contributed by atoms with E-state index in [-0.39, 0.29) is 0 Å². The lowest BCUT2D eigenvalue weighted by Crippen LogP contribution is -2.23. The molecule has 1 aliphatic rings. The molecule has 2 rings (SSSR count). The number of nitrogen functional groups attached to an aromatic ring is 1. The van der Waals surface area contributed by atoms with E-state index < -0.39 is 0 Å². The Bertz CT molecular complexity index is 363. The Hall–Kier alpha value is -0.930. The summed E-state index contributed by atoms with van der Waals surface area (Å²) in [5, 5.41) is 4.03. The van der Waals surface area contributed by atoms with Crippen molar-refractivity contribution in [2.45, 2.75) is 25.9 Å². The molecule has 2 unspecified atom stereocenters. The van der Waals surface area contributed by atoms with Crippen LogP contribution in [-0.4, -0.2) is 19.3 Å². The van der Waals surface area contributed by atoms with Crippen LogP contribution in [0.5, 0.6) is 0 Å². The fourth-order valence-corrected chi connectivity index (χ4v) is 2.59. The predicted molar refractivity (Wildman–Crippen MR) is 72.5 cm³/mol. The molecule has 17 heavy (non-hydrogen) atoms. The molecular formula is C13H19ClN2O. The topological polar surface area (TPSA) is 47.3 Å². The average Bonchev–Trinajstić information content (AvgIpc) is 2.76. The Labute approximate surface area is 107 Å². The number of nitrogens with one attached hydrogen (secondary N) is 1. The van der Waals surface area contributed by atoms with E-state index in [9.17, 15) is 0 Å². The summed E-state index contributed by atoms with van der Waals surface area (Å²) in [5.74, 6) is 0.552. The maximum Gasteiger partial charge on any atom is 0.0763 e. The summed E-state index contributed by atoms with van der Waals surface area (Å²) in [7, 11) is 0. The second-order valence-electron chi connectivity index (χ2n) is 4.45. The Morgan fingerprint density at radius 2 is 2.35 bits per heavy atom. The van der Waals surface area contributed by atoms with Crippen molar-refractivity contribution in [2.24, 2.45) is 5.92 Å². The van der Waals surface area contributed by atoms with Crippen LogP contribution in [-0.2, 0) is 4.74 Å². The summed E-state index contributed by atoms with van der Waals surface area (Å²) in [6, 6.07) is 5.57. The number of rotatable bonds is 4. The van der Waals surface area contributed by atoms with E-state index >= 15 is 0 Å². The van der Waals surface area contributed by atoms with Gasteiger partial charge < -0.3 is 15.8 Å². The van der Waals surface area contributed by atoms with Gasteiger partial charge in [0.05, 0.1) is 22.5 Å². The number of halogens is 1. The van der Waals surface area contributed by atoms with E-state index in [4.69, 9.17) is 22.1 Å². The maximum absolute atomic E-state index is 6.11. The van der Waals surface area contributed by atoms with Crippen LogP contribution in [0.25, 0.3) is 0 Å². The molecule has 1 heterocycles. The molecule has 0 radical (unpaired) electrons. The lowest BCUT2D eigenvalue weighted by atomic mass is 9.99. The van der Waals surface area contributed by atoms with Crippen LogP contribution >= 0.6 is 11.6 Å². The zero-order chi connectivity index (χ0) is 12.3. The molecular weight excluding hydrogens is 236 g/mol. The van der Waals surface area contributed by atoms with Crippen LogP contribution in [0.2, 0.25) is 5.02 Å². The molecule has 3 N–H and O–H groups in total. The standard InChI is InChI=1S/C13H19ClN2O/c1-2-12-9(6-7-17-12)8-16-13-10(14)4-3-5-11(13)15/h3-5,9,12,16H,2,6-8,15H2,1H3. The van der Waals surface area contributed by atoms with Crippen LogP contribution in [0.15, 0.2) is 18.2 Å². The Morgan fingerprint density at radius 3 is 3.06 bits per heavy atom. The highest BCUT2D eigenvalue weighted by Gasteiger charge is 2.26. The first-order chi connectivity index (χ1) is 8.22. The lowest BCUT2D eigenvalue weighted by molar-refractivity contribution is 0.0900. The first-order valence-corrected chi connectivity index (χ1v) is 6.49. The van der Waals surface area contributed by atoms with Gasteiger partial charge in [-0.2, -0.15) is 0 Å². The van der Waals surface area contributed by atoms with Crippen molar-refractivity contribution in [3.05, 3.63) is 23.2 Å². The third-order valence-electron chi connectivity index (χ3n) is 3.34. The van der Waals surface area contributed by atoms with Gasteiger partial charge in [-0.05, 0) is 25.0 Å². The van der Waals surface area contributed by atoms with E-state index in [1.165, 1.54) is 0 Å². The molecule has 1 saturated heterocycles. The monoisotopic (exact) mass is 254 g/mol. The minimum absolute atomic E-state index is 0.367. The van der Waals surface area contributed by atoms with E-state index in [2.05, 4.69) is 12.2 Å². The van der Waals surface area contributed by atoms with Crippen molar-refractivity contribution in [1.29, 1.82) is 0 Å². The summed E-state index contributed by atoms with van der Waals surface area (Å²) in [5.41, 5.74) is 7.44. The number of hydrogen-bond acceptors (Lipinski definition) is 3. The summed E-state index contributed by atoms with van der Waals surface area (Å²) in [6.45, 7) is 3.89. The molecule has 2 atom stereocenters. The minimum atomic E-state index is 0.367. The van der Waals surface area contributed by atoms with Gasteiger partial charge in [-0.15, -0.1) is 0 Å². The SMILES string of the molecule is CCC1OCCC1CNc1c(N)cccc1Cl. The fourth-order valence-electron chi connectivity index (χ4n) is 2.34. The van der Waals surface area contributed by atoms with E-state index in [0.717, 1.165) is 31.7 Å². The first kappa shape index (κ1) is 12.5. The van der Waals surface area contributed by atoms with Crippen molar-refractivity contribution in [2.75, 3.05) is 24.2 Å². The highest BCUT2D eigenvalue weighted by Crippen LogP contribution is 2.30. The van der Waals surface area contributed by atoms with Crippen molar-refractivity contribution in [3.8, 4) is 0 Å². The summed E-state index contributed by atoms with van der Waals surface area (Å²) in [6.07, 6.45) is 2.53. The van der Waals surface area contributed by atoms with E-state index in [0.29, 0.717) is 22.7 Å². The van der Waals surface area contributed by atoms with Gasteiger partial charge in [0, 0.05) is 19.1 Å². The van der Waals surface area contributed by atoms with Crippen LogP contribution in [0, 0.1) is 5.92 Å². The average molecular weight is 255 g/mol. The number of benzene rings is 1. The Balaban J connectivity index is 1.98. The molecule has 0 bridgehead atoms. The third kappa shape index (κ3) is 2.85. The van der Waals surface area contributed by atoms with Crippen LogP contribution in [0.3, 0.4) is 0 Å². The van der Waals surface area contributed by atoms with Crippen LogP contribution in [0.4, 0.5) is 11.4 Å². The van der Waals surface area contributed by atoms with Gasteiger partial charge in [0.1, 0.15) is 0 Å². The fraction of sp³-hybridized carbons (Fsp3) is 0.538. The second-order valence-corrected chi connectivity index (χ2v) is 4.86. The normalized spacial score (nSPS) is 23.9. The van der Waals surface area contributed by atoms with Gasteiger partial charge in [-0.25, -0.2) is 0 Å². The second kappa shape index (κ2) is 5.61. The zero-order valence-electron chi connectivity index (χ0n) is 10.1. The van der Waals surface area contributed by atoms with E-state index in [1.807, 2.05) is 18.2 Å². The molecule has 0 saturated carbocycles. The van der Waals surface area contributed by atoms with Gasteiger partial charge in [-0.3, -0.25) is 0 Å². The van der Waals surface area contributed by atoms with Crippen molar-refractivity contribution in [3.63, 3.8) is 0 Å². The van der Waals surface area contributed by atoms with Crippen molar-refractivity contribution in [1.82, 2.24) is 0 Å². The molecule has 0 amide bonds. The minimum Gasteiger partial charge on any atom is -0.397 e. The molecule has 1 aromatic carbocycles. The maximum atomic E-state index is 6.11. The van der Waals surface area contributed by atoms with Gasteiger partial charge in [0.15, 0.2) is 0 Å². The van der Waals surface area contributed by atoms with Crippen LogP contribution in [0.1, 0.15) is 19.8 Å². The number of anilines is 2. The summed E-state index contributed by atoms with van der Waals surface area (Å²) in [4.78, 5) is 0. The molecule has 0 aliphatic carbocycles. The number of para-hydroxylation sites is 1. The van der Waals surface area contributed by atoms with Gasteiger partial charge >= 0.3 is 0 Å². The molecule has 94 valence electrons. The third-order valence-corrected chi connectivity index (χ3v) is 3.65. The van der Waals surface area contributed by atoms with Crippen LogP contribution < -0.4 is 11.1 Å². The largest absolute Gasteiger partial charge is 0.397 e. The number of ether oxygens (including phenoxy) is 1. The molecule has 0 aromatic heterocycles. The molecule has 0 spiro atoms. The summed E-state index contributed by atoms with van der Waals surface area (Å²) < 4.78 is 5.66. The number of hydrogen-bond donors (Lipinski definition) is 2. The highest BCUT2D eigenvalue weighted by atomic mass is 35.5. The Morgan fingerprint density at radius 1 is 1.53 bits per heavy atom. The first-order valence-electron chi connectivity index (χ1n) is 6.11. The highest BCUT2D eigenvalue weighted by molar-refractivity contribution is 6.33. The van der Waals surface area contributed by atoms with Crippen molar-refractivity contribution >= 4 is 23.0 Å². The van der Waals surface area contributed by atoms with Gasteiger partial charge in [0.25, 0.3) is 0 Å². The molecule has 3 nitrogen and oxygen atoms in total. The smallest absolute Gasteiger partial charge is 0.0763 e.